The molecule has 1 rings (SSSR count). The molecule has 0 amide bonds. The molecule has 2 atom stereocenters. The molecule has 0 saturated carbocycles. The van der Waals surface area contributed by atoms with E-state index in [0.29, 0.717) is 0 Å². The summed E-state index contributed by atoms with van der Waals surface area (Å²) in [5, 5.41) is 8.60. The zero-order chi connectivity index (χ0) is 12.8. The van der Waals surface area contributed by atoms with E-state index in [4.69, 9.17) is 5.11 Å². The van der Waals surface area contributed by atoms with Gasteiger partial charge in [0.1, 0.15) is 5.75 Å². The van der Waals surface area contributed by atoms with Crippen molar-refractivity contribution >= 4 is 5.97 Å². The van der Waals surface area contributed by atoms with Crippen molar-refractivity contribution in [3.63, 3.8) is 0 Å². The molecule has 2 unspecified atom stereocenters. The molecule has 1 aromatic carbocycles. The standard InChI is InChI=1S/C11H11F3O3/c12-6-5-9(13)10(14)17-8-3-1-7(2-4-8)11(15)16/h1-4,9-10H,5-6H2,(H,15,16). The Morgan fingerprint density at radius 1 is 1.29 bits per heavy atom. The Morgan fingerprint density at radius 3 is 2.35 bits per heavy atom. The van der Waals surface area contributed by atoms with Crippen molar-refractivity contribution in [3.8, 4) is 5.75 Å². The second-order valence-electron chi connectivity index (χ2n) is 3.29. The molecular weight excluding hydrogens is 237 g/mol. The van der Waals surface area contributed by atoms with Crippen LogP contribution in [0.5, 0.6) is 5.75 Å². The fourth-order valence-corrected chi connectivity index (χ4v) is 1.12. The highest BCUT2D eigenvalue weighted by atomic mass is 19.2. The molecule has 0 bridgehead atoms. The molecule has 0 aliphatic carbocycles. The number of carbonyl (C=O) groups is 1. The quantitative estimate of drug-likeness (QED) is 0.842. The van der Waals surface area contributed by atoms with Gasteiger partial charge in [0.2, 0.25) is 0 Å². The fourth-order valence-electron chi connectivity index (χ4n) is 1.12. The molecule has 6 heteroatoms. The molecule has 0 aliphatic heterocycles. The van der Waals surface area contributed by atoms with Crippen LogP contribution in [0.15, 0.2) is 24.3 Å². The predicted molar refractivity (Wildman–Crippen MR) is 54.4 cm³/mol. The highest BCUT2D eigenvalue weighted by Gasteiger charge is 2.21. The summed E-state index contributed by atoms with van der Waals surface area (Å²) in [6.45, 7) is -0.969. The van der Waals surface area contributed by atoms with E-state index < -0.39 is 31.6 Å². The molecule has 0 heterocycles. The van der Waals surface area contributed by atoms with Crippen LogP contribution in [0.1, 0.15) is 16.8 Å². The fraction of sp³-hybridized carbons (Fsp3) is 0.364. The van der Waals surface area contributed by atoms with E-state index in [2.05, 4.69) is 4.74 Å². The summed E-state index contributed by atoms with van der Waals surface area (Å²) in [5.74, 6) is -1.14. The molecule has 0 saturated heterocycles. The van der Waals surface area contributed by atoms with Gasteiger partial charge in [-0.25, -0.2) is 9.18 Å². The largest absolute Gasteiger partial charge is 0.478 e. The van der Waals surface area contributed by atoms with Crippen LogP contribution in [0.2, 0.25) is 0 Å². The number of rotatable bonds is 6. The van der Waals surface area contributed by atoms with Gasteiger partial charge in [-0.05, 0) is 24.3 Å². The highest BCUT2D eigenvalue weighted by molar-refractivity contribution is 5.87. The molecule has 94 valence electrons. The Labute approximate surface area is 95.8 Å². The third kappa shape index (κ3) is 3.97. The summed E-state index contributed by atoms with van der Waals surface area (Å²) < 4.78 is 42.2. The first-order chi connectivity index (χ1) is 8.04. The summed E-state index contributed by atoms with van der Waals surface area (Å²) >= 11 is 0. The number of alkyl halides is 3. The monoisotopic (exact) mass is 248 g/mol. The Kier molecular flexibility index (Phi) is 4.81. The first kappa shape index (κ1) is 13.3. The lowest BCUT2D eigenvalue weighted by molar-refractivity contribution is -0.0111. The molecule has 0 radical (unpaired) electrons. The minimum Gasteiger partial charge on any atom is -0.478 e. The van der Waals surface area contributed by atoms with Crippen LogP contribution < -0.4 is 4.74 Å². The first-order valence-corrected chi connectivity index (χ1v) is 4.88. The Morgan fingerprint density at radius 2 is 1.88 bits per heavy atom. The van der Waals surface area contributed by atoms with Gasteiger partial charge in [-0.3, -0.25) is 4.39 Å². The summed E-state index contributed by atoms with van der Waals surface area (Å²) in [4.78, 5) is 10.5. The van der Waals surface area contributed by atoms with Crippen molar-refractivity contribution in [1.29, 1.82) is 0 Å². The van der Waals surface area contributed by atoms with Crippen molar-refractivity contribution in [2.75, 3.05) is 6.67 Å². The SMILES string of the molecule is O=C(O)c1ccc(OC(F)C(F)CCF)cc1. The molecule has 1 aromatic rings. The van der Waals surface area contributed by atoms with Crippen LogP contribution >= 0.6 is 0 Å². The van der Waals surface area contributed by atoms with Crippen LogP contribution in [0.25, 0.3) is 0 Å². The number of aromatic carboxylic acids is 1. The minimum atomic E-state index is -2.26. The lowest BCUT2D eigenvalue weighted by atomic mass is 10.2. The second-order valence-corrected chi connectivity index (χ2v) is 3.29. The number of carboxylic acids is 1. The first-order valence-electron chi connectivity index (χ1n) is 4.88. The van der Waals surface area contributed by atoms with Crippen molar-refractivity contribution in [2.24, 2.45) is 0 Å². The van der Waals surface area contributed by atoms with Crippen molar-refractivity contribution in [2.45, 2.75) is 19.0 Å². The lowest BCUT2D eigenvalue weighted by Crippen LogP contribution is -2.24. The van der Waals surface area contributed by atoms with Gasteiger partial charge in [-0.2, -0.15) is 4.39 Å². The lowest BCUT2D eigenvalue weighted by Gasteiger charge is -2.14. The molecule has 3 nitrogen and oxygen atoms in total. The zero-order valence-electron chi connectivity index (χ0n) is 8.78. The molecule has 0 spiro atoms. The van der Waals surface area contributed by atoms with Crippen LogP contribution in [0.3, 0.4) is 0 Å². The summed E-state index contributed by atoms with van der Waals surface area (Å²) in [5.41, 5.74) is 0.00770. The van der Waals surface area contributed by atoms with E-state index in [1.54, 1.807) is 0 Å². The van der Waals surface area contributed by atoms with Crippen molar-refractivity contribution in [3.05, 3.63) is 29.8 Å². The van der Waals surface area contributed by atoms with Gasteiger partial charge >= 0.3 is 5.97 Å². The Bertz CT molecular complexity index is 367. The zero-order valence-corrected chi connectivity index (χ0v) is 8.78. The molecular formula is C11H11F3O3. The number of benzene rings is 1. The van der Waals surface area contributed by atoms with E-state index in [1.165, 1.54) is 24.3 Å². The maximum absolute atomic E-state index is 13.0. The van der Waals surface area contributed by atoms with E-state index in [9.17, 15) is 18.0 Å². The van der Waals surface area contributed by atoms with Gasteiger partial charge in [-0.15, -0.1) is 0 Å². The van der Waals surface area contributed by atoms with Crippen LogP contribution in [0.4, 0.5) is 13.2 Å². The number of hydrogen-bond acceptors (Lipinski definition) is 2. The Balaban J connectivity index is 2.59. The molecule has 17 heavy (non-hydrogen) atoms. The highest BCUT2D eigenvalue weighted by Crippen LogP contribution is 2.18. The van der Waals surface area contributed by atoms with Gasteiger partial charge in [-0.1, -0.05) is 0 Å². The molecule has 0 aliphatic rings. The van der Waals surface area contributed by atoms with Gasteiger partial charge in [0.25, 0.3) is 6.36 Å². The van der Waals surface area contributed by atoms with Gasteiger partial charge in [0, 0.05) is 6.42 Å². The smallest absolute Gasteiger partial charge is 0.335 e. The van der Waals surface area contributed by atoms with Crippen molar-refractivity contribution < 1.29 is 27.8 Å². The van der Waals surface area contributed by atoms with Gasteiger partial charge in [0.05, 0.1) is 12.2 Å². The summed E-state index contributed by atoms with van der Waals surface area (Å²) in [6.07, 6.45) is -4.88. The van der Waals surface area contributed by atoms with E-state index in [-0.39, 0.29) is 11.3 Å². The number of carboxylic acid groups (broad SMARTS) is 1. The van der Waals surface area contributed by atoms with E-state index in [0.717, 1.165) is 0 Å². The topological polar surface area (TPSA) is 46.5 Å². The van der Waals surface area contributed by atoms with Gasteiger partial charge in [0.15, 0.2) is 6.17 Å². The number of hydrogen-bond donors (Lipinski definition) is 1. The summed E-state index contributed by atoms with van der Waals surface area (Å²) in [7, 11) is 0. The maximum Gasteiger partial charge on any atom is 0.335 e. The average Bonchev–Trinajstić information content (AvgIpc) is 2.30. The van der Waals surface area contributed by atoms with Crippen LogP contribution in [-0.2, 0) is 0 Å². The van der Waals surface area contributed by atoms with E-state index in [1.807, 2.05) is 0 Å². The number of halogens is 3. The number of ether oxygens (including phenoxy) is 1. The van der Waals surface area contributed by atoms with Crippen LogP contribution in [-0.4, -0.2) is 30.3 Å². The third-order valence-corrected chi connectivity index (χ3v) is 2.02. The summed E-state index contributed by atoms with van der Waals surface area (Å²) in [6, 6.07) is 4.82. The normalized spacial score (nSPS) is 14.1. The predicted octanol–water partition coefficient (Wildman–Crippen LogP) is 2.76. The third-order valence-electron chi connectivity index (χ3n) is 2.02. The van der Waals surface area contributed by atoms with E-state index >= 15 is 0 Å². The minimum absolute atomic E-state index is 0.00770. The second kappa shape index (κ2) is 6.12. The Hall–Kier alpha value is -1.72. The molecule has 0 fully saturated rings. The van der Waals surface area contributed by atoms with Gasteiger partial charge < -0.3 is 9.84 Å². The maximum atomic E-state index is 13.0. The molecule has 0 aromatic heterocycles. The average molecular weight is 248 g/mol. The van der Waals surface area contributed by atoms with Crippen molar-refractivity contribution in [1.82, 2.24) is 0 Å². The molecule has 1 N–H and O–H groups in total. The van der Waals surface area contributed by atoms with Crippen LogP contribution in [0, 0.1) is 0 Å².